The largest absolute Gasteiger partial charge is 0.388 e. The lowest BCUT2D eigenvalue weighted by Gasteiger charge is -2.14. The first-order chi connectivity index (χ1) is 4.90. The number of carbonyl (C=O) groups is 1. The molecule has 54 valence electrons. The van der Waals surface area contributed by atoms with Gasteiger partial charge in [-0.2, -0.15) is 0 Å². The van der Waals surface area contributed by atoms with Crippen molar-refractivity contribution in [2.45, 2.75) is 12.8 Å². The minimum Gasteiger partial charge on any atom is -0.388 e. The molecule has 2 unspecified atom stereocenters. The molecule has 2 aliphatic rings. The van der Waals surface area contributed by atoms with Crippen LogP contribution in [-0.2, 0) is 4.79 Å². The van der Waals surface area contributed by atoms with Crippen LogP contribution in [0.25, 0.3) is 0 Å². The van der Waals surface area contributed by atoms with Crippen LogP contribution in [0.1, 0.15) is 12.8 Å². The van der Waals surface area contributed by atoms with Gasteiger partial charge in [0.1, 0.15) is 6.29 Å². The lowest BCUT2D eigenvalue weighted by Crippen LogP contribution is -2.20. The molecule has 1 aliphatic heterocycles. The number of allylic oxidation sites excluding steroid dienone is 2. The molecule has 10 heavy (non-hydrogen) atoms. The van der Waals surface area contributed by atoms with Crippen LogP contribution < -0.4 is 5.32 Å². The molecular formula is C8H11NO. The molecule has 0 aromatic rings. The number of aldehydes is 1. The second kappa shape index (κ2) is 2.11. The van der Waals surface area contributed by atoms with Crippen molar-refractivity contribution in [3.05, 3.63) is 11.8 Å². The van der Waals surface area contributed by atoms with Gasteiger partial charge in [-0.05, 0) is 18.3 Å². The van der Waals surface area contributed by atoms with Crippen LogP contribution in [0.4, 0.5) is 0 Å². The molecule has 2 bridgehead atoms. The van der Waals surface area contributed by atoms with Gasteiger partial charge in [-0.25, -0.2) is 0 Å². The summed E-state index contributed by atoms with van der Waals surface area (Å²) in [4.78, 5) is 10.2. The molecule has 1 N–H and O–H groups in total. The van der Waals surface area contributed by atoms with E-state index in [1.807, 2.05) is 0 Å². The summed E-state index contributed by atoms with van der Waals surface area (Å²) in [5, 5.41) is 3.29. The van der Waals surface area contributed by atoms with Crippen LogP contribution in [0.5, 0.6) is 0 Å². The highest BCUT2D eigenvalue weighted by atomic mass is 16.1. The first kappa shape index (κ1) is 5.96. The molecular weight excluding hydrogens is 126 g/mol. The van der Waals surface area contributed by atoms with Crippen molar-refractivity contribution in [2.75, 3.05) is 6.54 Å². The van der Waals surface area contributed by atoms with Gasteiger partial charge in [0.15, 0.2) is 0 Å². The molecule has 0 radical (unpaired) electrons. The van der Waals surface area contributed by atoms with E-state index in [4.69, 9.17) is 0 Å². The molecule has 1 aliphatic carbocycles. The summed E-state index contributed by atoms with van der Waals surface area (Å²) >= 11 is 0. The molecule has 2 atom stereocenters. The molecule has 0 spiro atoms. The Morgan fingerprint density at radius 1 is 1.80 bits per heavy atom. The third-order valence-corrected chi connectivity index (χ3v) is 2.46. The molecule has 0 aromatic carbocycles. The fourth-order valence-corrected chi connectivity index (χ4v) is 1.88. The zero-order valence-corrected chi connectivity index (χ0v) is 5.84. The van der Waals surface area contributed by atoms with Crippen LogP contribution in [0.2, 0.25) is 0 Å². The predicted molar refractivity (Wildman–Crippen MR) is 38.4 cm³/mol. The normalized spacial score (nSPS) is 35.4. The van der Waals surface area contributed by atoms with Gasteiger partial charge in [0.05, 0.1) is 0 Å². The van der Waals surface area contributed by atoms with E-state index in [0.29, 0.717) is 5.92 Å². The zero-order valence-electron chi connectivity index (χ0n) is 5.84. The summed E-state index contributed by atoms with van der Waals surface area (Å²) in [6, 6.07) is 0. The Kier molecular flexibility index (Phi) is 1.26. The van der Waals surface area contributed by atoms with Crippen LogP contribution in [-0.4, -0.2) is 12.8 Å². The summed E-state index contributed by atoms with van der Waals surface area (Å²) in [5.74, 6) is 1.27. The topological polar surface area (TPSA) is 29.1 Å². The van der Waals surface area contributed by atoms with Crippen LogP contribution in [0.3, 0.4) is 0 Å². The van der Waals surface area contributed by atoms with Crippen LogP contribution in [0, 0.1) is 11.8 Å². The van der Waals surface area contributed by atoms with E-state index in [2.05, 4.69) is 11.4 Å². The van der Waals surface area contributed by atoms with Gasteiger partial charge in [0.2, 0.25) is 0 Å². The quantitative estimate of drug-likeness (QED) is 0.567. The maximum atomic E-state index is 10.2. The maximum absolute atomic E-state index is 10.2. The lowest BCUT2D eigenvalue weighted by molar-refractivity contribution is -0.108. The molecule has 0 aromatic heterocycles. The molecule has 1 saturated heterocycles. The number of rotatable bonds is 2. The maximum Gasteiger partial charge on any atom is 0.120 e. The predicted octanol–water partition coefficient (Wildman–Crippen LogP) is 0.699. The third-order valence-electron chi connectivity index (χ3n) is 2.46. The van der Waals surface area contributed by atoms with Crippen molar-refractivity contribution in [1.29, 1.82) is 0 Å². The first-order valence-electron chi connectivity index (χ1n) is 3.78. The third kappa shape index (κ3) is 0.753. The molecule has 0 saturated carbocycles. The molecule has 0 amide bonds. The van der Waals surface area contributed by atoms with Crippen molar-refractivity contribution in [3.63, 3.8) is 0 Å². The highest BCUT2D eigenvalue weighted by Crippen LogP contribution is 2.35. The number of fused-ring (bicyclic) bond motifs is 2. The standard InChI is InChI=1S/C8H11NO/c10-2-1-6-3-8-4-7(6)5-9-8/h2-3,6-7,9H,1,4-5H2. The Hall–Kier alpha value is -0.790. The molecule has 1 heterocycles. The molecule has 2 nitrogen and oxygen atoms in total. The average Bonchev–Trinajstić information content (AvgIpc) is 2.48. The monoisotopic (exact) mass is 137 g/mol. The van der Waals surface area contributed by atoms with Crippen molar-refractivity contribution >= 4 is 6.29 Å². The van der Waals surface area contributed by atoms with Gasteiger partial charge in [-0.1, -0.05) is 6.08 Å². The minimum absolute atomic E-state index is 0.550. The lowest BCUT2D eigenvalue weighted by atomic mass is 9.94. The smallest absolute Gasteiger partial charge is 0.120 e. The summed E-state index contributed by atoms with van der Waals surface area (Å²) in [6.45, 7) is 1.09. The average molecular weight is 137 g/mol. The van der Waals surface area contributed by atoms with Gasteiger partial charge in [0.25, 0.3) is 0 Å². The van der Waals surface area contributed by atoms with E-state index < -0.39 is 0 Å². The summed E-state index contributed by atoms with van der Waals surface area (Å²) < 4.78 is 0. The van der Waals surface area contributed by atoms with E-state index in [9.17, 15) is 4.79 Å². The first-order valence-corrected chi connectivity index (χ1v) is 3.78. The highest BCUT2D eigenvalue weighted by Gasteiger charge is 2.31. The number of hydrogen-bond acceptors (Lipinski definition) is 2. The Morgan fingerprint density at radius 2 is 2.70 bits per heavy atom. The zero-order chi connectivity index (χ0) is 6.97. The SMILES string of the molecule is O=CCC1C=C2CC1CN2. The fraction of sp³-hybridized carbons (Fsp3) is 0.625. The highest BCUT2D eigenvalue weighted by molar-refractivity contribution is 5.51. The van der Waals surface area contributed by atoms with Crippen molar-refractivity contribution in [2.24, 2.45) is 11.8 Å². The van der Waals surface area contributed by atoms with E-state index in [-0.39, 0.29) is 0 Å². The van der Waals surface area contributed by atoms with E-state index in [0.717, 1.165) is 25.2 Å². The van der Waals surface area contributed by atoms with Gasteiger partial charge >= 0.3 is 0 Å². The van der Waals surface area contributed by atoms with Gasteiger partial charge in [0, 0.05) is 18.7 Å². The number of nitrogens with one attached hydrogen (secondary N) is 1. The Balaban J connectivity index is 2.07. The van der Waals surface area contributed by atoms with Crippen molar-refractivity contribution in [1.82, 2.24) is 5.32 Å². The molecule has 2 heteroatoms. The Labute approximate surface area is 60.3 Å². The minimum atomic E-state index is 0.550. The summed E-state index contributed by atoms with van der Waals surface area (Å²) in [5.41, 5.74) is 1.36. The summed E-state index contributed by atoms with van der Waals surface area (Å²) in [7, 11) is 0. The Bertz CT molecular complexity index is 186. The second-order valence-electron chi connectivity index (χ2n) is 3.10. The van der Waals surface area contributed by atoms with Gasteiger partial charge in [-0.3, -0.25) is 0 Å². The van der Waals surface area contributed by atoms with Crippen molar-refractivity contribution in [3.8, 4) is 0 Å². The number of carbonyl (C=O) groups excluding carboxylic acids is 1. The molecule has 1 fully saturated rings. The van der Waals surface area contributed by atoms with Gasteiger partial charge < -0.3 is 10.1 Å². The second-order valence-corrected chi connectivity index (χ2v) is 3.10. The van der Waals surface area contributed by atoms with E-state index >= 15 is 0 Å². The van der Waals surface area contributed by atoms with E-state index in [1.54, 1.807) is 0 Å². The van der Waals surface area contributed by atoms with Gasteiger partial charge in [-0.15, -0.1) is 0 Å². The van der Waals surface area contributed by atoms with Crippen LogP contribution >= 0.6 is 0 Å². The van der Waals surface area contributed by atoms with Crippen LogP contribution in [0.15, 0.2) is 11.8 Å². The number of hydrogen-bond donors (Lipinski definition) is 1. The van der Waals surface area contributed by atoms with Crippen molar-refractivity contribution < 1.29 is 4.79 Å². The van der Waals surface area contributed by atoms with E-state index in [1.165, 1.54) is 12.1 Å². The molecule has 2 rings (SSSR count). The summed E-state index contributed by atoms with van der Waals surface area (Å²) in [6.07, 6.45) is 5.14. The fourth-order valence-electron chi connectivity index (χ4n) is 1.88. The Morgan fingerprint density at radius 3 is 3.20 bits per heavy atom.